The van der Waals surface area contributed by atoms with Gasteiger partial charge in [0.15, 0.2) is 0 Å². The maximum Gasteiger partial charge on any atom is 0.243 e. The van der Waals surface area contributed by atoms with Crippen molar-refractivity contribution in [1.82, 2.24) is 4.31 Å². The van der Waals surface area contributed by atoms with Gasteiger partial charge >= 0.3 is 0 Å². The van der Waals surface area contributed by atoms with Crippen LogP contribution in [0.25, 0.3) is 0 Å². The minimum absolute atomic E-state index is 0.0481. The molecule has 6 rings (SSSR count). The summed E-state index contributed by atoms with van der Waals surface area (Å²) in [6.07, 6.45) is 0.415. The first-order chi connectivity index (χ1) is 17.9. The second kappa shape index (κ2) is 8.98. The van der Waals surface area contributed by atoms with Gasteiger partial charge in [-0.3, -0.25) is 4.79 Å². The molecule has 1 saturated heterocycles. The summed E-state index contributed by atoms with van der Waals surface area (Å²) < 4.78 is 29.7. The largest absolute Gasteiger partial charge is 0.307 e. The second-order valence-corrected chi connectivity index (χ2v) is 11.7. The second-order valence-electron chi connectivity index (χ2n) is 9.86. The van der Waals surface area contributed by atoms with Crippen LogP contribution in [0.3, 0.4) is 0 Å². The number of anilines is 1. The Labute approximate surface area is 218 Å². The lowest BCUT2D eigenvalue weighted by Crippen LogP contribution is -2.45. The number of sulfonamides is 1. The zero-order valence-electron chi connectivity index (χ0n) is 20.6. The Morgan fingerprint density at radius 1 is 0.811 bits per heavy atom. The molecule has 2 atom stereocenters. The molecular formula is C31H28N2O3S. The average Bonchev–Trinajstić information content (AvgIpc) is 3.44. The van der Waals surface area contributed by atoms with Gasteiger partial charge in [0.05, 0.1) is 22.9 Å². The van der Waals surface area contributed by atoms with Gasteiger partial charge in [0.2, 0.25) is 15.9 Å². The lowest BCUT2D eigenvalue weighted by molar-refractivity contribution is -0.124. The maximum absolute atomic E-state index is 14.5. The summed E-state index contributed by atoms with van der Waals surface area (Å²) in [5.74, 6) is -0.0481. The Bertz CT molecular complexity index is 1550. The Morgan fingerprint density at radius 2 is 1.43 bits per heavy atom. The summed E-state index contributed by atoms with van der Waals surface area (Å²) in [5.41, 5.74) is 3.58. The van der Waals surface area contributed by atoms with Crippen LogP contribution in [0.4, 0.5) is 5.69 Å². The van der Waals surface area contributed by atoms with Crippen LogP contribution < -0.4 is 4.90 Å². The molecule has 1 spiro atoms. The van der Waals surface area contributed by atoms with Crippen LogP contribution >= 0.6 is 0 Å². The van der Waals surface area contributed by atoms with Crippen LogP contribution in [0.2, 0.25) is 0 Å². The molecule has 4 aromatic rings. The minimum Gasteiger partial charge on any atom is -0.307 e. The summed E-state index contributed by atoms with van der Waals surface area (Å²) in [6.45, 7) is 2.63. The molecule has 0 saturated carbocycles. The zero-order chi connectivity index (χ0) is 25.6. The van der Waals surface area contributed by atoms with E-state index in [0.29, 0.717) is 13.0 Å². The smallest absolute Gasteiger partial charge is 0.243 e. The molecule has 2 heterocycles. The zero-order valence-corrected chi connectivity index (χ0v) is 21.4. The van der Waals surface area contributed by atoms with Gasteiger partial charge in [-0.05, 0) is 48.2 Å². The lowest BCUT2D eigenvalue weighted by Gasteiger charge is -2.34. The van der Waals surface area contributed by atoms with Gasteiger partial charge < -0.3 is 4.90 Å². The fourth-order valence-corrected chi connectivity index (χ4v) is 7.63. The van der Waals surface area contributed by atoms with Crippen LogP contribution in [0.15, 0.2) is 114 Å². The Kier molecular flexibility index (Phi) is 5.74. The van der Waals surface area contributed by atoms with Crippen LogP contribution in [-0.2, 0) is 26.8 Å². The predicted octanol–water partition coefficient (Wildman–Crippen LogP) is 5.62. The van der Waals surface area contributed by atoms with Crippen molar-refractivity contribution in [3.05, 3.63) is 131 Å². The molecule has 1 amide bonds. The van der Waals surface area contributed by atoms with E-state index in [2.05, 4.69) is 0 Å². The summed E-state index contributed by atoms with van der Waals surface area (Å²) >= 11 is 0. The molecule has 186 valence electrons. The molecule has 0 aliphatic carbocycles. The van der Waals surface area contributed by atoms with E-state index >= 15 is 0 Å². The highest BCUT2D eigenvalue weighted by atomic mass is 32.2. The molecule has 2 aliphatic rings. The van der Waals surface area contributed by atoms with Crippen LogP contribution in [-0.4, -0.2) is 25.2 Å². The van der Waals surface area contributed by atoms with Crippen molar-refractivity contribution in [2.75, 3.05) is 11.4 Å². The number of aryl methyl sites for hydroxylation is 1. The average molecular weight is 509 g/mol. The molecule has 0 bridgehead atoms. The fourth-order valence-electron chi connectivity index (χ4n) is 5.97. The molecule has 37 heavy (non-hydrogen) atoms. The number of fused-ring (bicyclic) bond motifs is 2. The van der Waals surface area contributed by atoms with Gasteiger partial charge in [-0.1, -0.05) is 96.6 Å². The molecular weight excluding hydrogens is 480 g/mol. The number of nitrogens with zero attached hydrogens (tertiary/aromatic N) is 2. The molecule has 0 aromatic heterocycles. The van der Waals surface area contributed by atoms with Gasteiger partial charge in [-0.15, -0.1) is 0 Å². The summed E-state index contributed by atoms with van der Waals surface area (Å²) in [7, 11) is -3.86. The van der Waals surface area contributed by atoms with Crippen molar-refractivity contribution in [3.63, 3.8) is 0 Å². The SMILES string of the molecule is Cc1ccc(S(=O)(=O)N2CC[C@@]3(C(=O)N(Cc4ccccc4)c4ccccc43)[C@H]2c2ccccc2)cc1. The van der Waals surface area contributed by atoms with Crippen molar-refractivity contribution in [1.29, 1.82) is 0 Å². The number of rotatable bonds is 5. The van der Waals surface area contributed by atoms with E-state index in [4.69, 9.17) is 0 Å². The first-order valence-electron chi connectivity index (χ1n) is 12.5. The Balaban J connectivity index is 1.52. The van der Waals surface area contributed by atoms with Crippen molar-refractivity contribution >= 4 is 21.6 Å². The van der Waals surface area contributed by atoms with E-state index in [1.807, 2.05) is 109 Å². The van der Waals surface area contributed by atoms with E-state index in [-0.39, 0.29) is 17.3 Å². The number of carbonyl (C=O) groups excluding carboxylic acids is 1. The summed E-state index contributed by atoms with van der Waals surface area (Å²) in [5, 5.41) is 0. The number of hydrogen-bond acceptors (Lipinski definition) is 3. The number of para-hydroxylation sites is 1. The van der Waals surface area contributed by atoms with Gasteiger partial charge in [-0.2, -0.15) is 4.31 Å². The van der Waals surface area contributed by atoms with Gasteiger partial charge in [-0.25, -0.2) is 8.42 Å². The standard InChI is InChI=1S/C31H28N2O3S/c1-23-16-18-26(19-17-23)37(35,36)33-21-20-31(29(33)25-12-6-3-7-13-25)27-14-8-9-15-28(27)32(30(31)34)22-24-10-4-2-5-11-24/h2-19,29H,20-22H2,1H3/t29-,31+/m1/s1. The van der Waals surface area contributed by atoms with E-state index in [0.717, 1.165) is 27.9 Å². The molecule has 0 unspecified atom stereocenters. The monoisotopic (exact) mass is 508 g/mol. The molecule has 5 nitrogen and oxygen atoms in total. The highest BCUT2D eigenvalue weighted by Crippen LogP contribution is 2.57. The third-order valence-corrected chi connectivity index (χ3v) is 9.59. The van der Waals surface area contributed by atoms with Crippen molar-refractivity contribution in [2.24, 2.45) is 0 Å². The minimum atomic E-state index is -3.86. The lowest BCUT2D eigenvalue weighted by atomic mass is 9.73. The fraction of sp³-hybridized carbons (Fsp3) is 0.194. The topological polar surface area (TPSA) is 57.7 Å². The van der Waals surface area contributed by atoms with Crippen LogP contribution in [0.1, 0.15) is 34.7 Å². The van der Waals surface area contributed by atoms with E-state index in [1.54, 1.807) is 16.4 Å². The third-order valence-electron chi connectivity index (χ3n) is 7.71. The van der Waals surface area contributed by atoms with Crippen LogP contribution in [0, 0.1) is 6.92 Å². The van der Waals surface area contributed by atoms with Gasteiger partial charge in [0.25, 0.3) is 0 Å². The third kappa shape index (κ3) is 3.71. The van der Waals surface area contributed by atoms with Crippen molar-refractivity contribution < 1.29 is 13.2 Å². The Morgan fingerprint density at radius 3 is 2.14 bits per heavy atom. The van der Waals surface area contributed by atoms with Crippen molar-refractivity contribution in [2.45, 2.75) is 36.2 Å². The van der Waals surface area contributed by atoms with Crippen LogP contribution in [0.5, 0.6) is 0 Å². The molecule has 1 fully saturated rings. The van der Waals surface area contributed by atoms with Gasteiger partial charge in [0, 0.05) is 12.2 Å². The summed E-state index contributed by atoms with van der Waals surface area (Å²) in [6, 6.07) is 33.7. The van der Waals surface area contributed by atoms with E-state index in [9.17, 15) is 13.2 Å². The quantitative estimate of drug-likeness (QED) is 0.352. The highest BCUT2D eigenvalue weighted by Gasteiger charge is 2.62. The maximum atomic E-state index is 14.5. The van der Waals surface area contributed by atoms with E-state index in [1.165, 1.54) is 0 Å². The number of amides is 1. The first-order valence-corrected chi connectivity index (χ1v) is 14.0. The molecule has 4 aromatic carbocycles. The summed E-state index contributed by atoms with van der Waals surface area (Å²) in [4.78, 5) is 16.6. The molecule has 0 radical (unpaired) electrons. The molecule has 6 heteroatoms. The normalized spacial score (nSPS) is 21.5. The first kappa shape index (κ1) is 23.6. The number of benzene rings is 4. The van der Waals surface area contributed by atoms with Gasteiger partial charge in [0.1, 0.15) is 0 Å². The Hall–Kier alpha value is -3.74. The molecule has 0 N–H and O–H groups in total. The number of hydrogen-bond donors (Lipinski definition) is 0. The molecule has 2 aliphatic heterocycles. The number of carbonyl (C=O) groups is 1. The predicted molar refractivity (Wildman–Crippen MR) is 145 cm³/mol. The highest BCUT2D eigenvalue weighted by molar-refractivity contribution is 7.89. The van der Waals surface area contributed by atoms with Crippen molar-refractivity contribution in [3.8, 4) is 0 Å². The van der Waals surface area contributed by atoms with E-state index < -0.39 is 21.5 Å².